The van der Waals surface area contributed by atoms with E-state index in [4.69, 9.17) is 0 Å². The highest BCUT2D eigenvalue weighted by atomic mass is 16.1. The zero-order chi connectivity index (χ0) is 10.8. The lowest BCUT2D eigenvalue weighted by atomic mass is 10.1. The van der Waals surface area contributed by atoms with Crippen molar-refractivity contribution in [2.75, 3.05) is 6.54 Å². The maximum atomic E-state index is 10.6. The van der Waals surface area contributed by atoms with Gasteiger partial charge in [0.15, 0.2) is 0 Å². The lowest BCUT2D eigenvalue weighted by molar-refractivity contribution is -0.117. The van der Waals surface area contributed by atoms with Crippen molar-refractivity contribution in [3.8, 4) is 0 Å². The molecule has 0 aliphatic carbocycles. The van der Waals surface area contributed by atoms with E-state index >= 15 is 0 Å². The van der Waals surface area contributed by atoms with Crippen molar-refractivity contribution in [3.63, 3.8) is 0 Å². The molecule has 0 unspecified atom stereocenters. The van der Waals surface area contributed by atoms with Crippen LogP contribution < -0.4 is 5.32 Å². The van der Waals surface area contributed by atoms with Crippen molar-refractivity contribution >= 4 is 5.78 Å². The first-order chi connectivity index (χ1) is 6.63. The number of Topliss-reactive ketones (excluding diaryl/α,β-unsaturated/α-hetero) is 1. The van der Waals surface area contributed by atoms with E-state index in [1.165, 1.54) is 25.7 Å². The van der Waals surface area contributed by atoms with Gasteiger partial charge in [0, 0.05) is 12.5 Å². The van der Waals surface area contributed by atoms with Gasteiger partial charge in [0.2, 0.25) is 0 Å². The van der Waals surface area contributed by atoms with E-state index < -0.39 is 0 Å². The fourth-order valence-corrected chi connectivity index (χ4v) is 1.42. The molecule has 0 radical (unpaired) electrons. The predicted molar refractivity (Wildman–Crippen MR) is 61.5 cm³/mol. The van der Waals surface area contributed by atoms with Crippen LogP contribution in [0.15, 0.2) is 0 Å². The second kappa shape index (κ2) is 9.20. The normalized spacial score (nSPS) is 10.9. The summed E-state index contributed by atoms with van der Waals surface area (Å²) in [6, 6.07) is 0.604. The highest BCUT2D eigenvalue weighted by Gasteiger charge is 1.95. The third-order valence-corrected chi connectivity index (χ3v) is 2.26. The van der Waals surface area contributed by atoms with Crippen LogP contribution in [0.25, 0.3) is 0 Å². The SMILES string of the molecule is CC(=O)CCCCCCCNC(C)C. The minimum atomic E-state index is 0.325. The first-order valence-corrected chi connectivity index (χ1v) is 5.85. The number of ketones is 1. The number of hydrogen-bond acceptors (Lipinski definition) is 2. The van der Waals surface area contributed by atoms with Crippen LogP contribution >= 0.6 is 0 Å². The summed E-state index contributed by atoms with van der Waals surface area (Å²) in [7, 11) is 0. The Kier molecular flexibility index (Phi) is 8.95. The standard InChI is InChI=1S/C12H25NO/c1-11(2)13-10-8-6-4-5-7-9-12(3)14/h11,13H,4-10H2,1-3H3. The van der Waals surface area contributed by atoms with Gasteiger partial charge in [-0.2, -0.15) is 0 Å². The van der Waals surface area contributed by atoms with Gasteiger partial charge in [0.25, 0.3) is 0 Å². The third kappa shape index (κ3) is 11.6. The van der Waals surface area contributed by atoms with E-state index in [1.807, 2.05) is 0 Å². The van der Waals surface area contributed by atoms with E-state index in [9.17, 15) is 4.79 Å². The van der Waals surface area contributed by atoms with Gasteiger partial charge in [-0.25, -0.2) is 0 Å². The monoisotopic (exact) mass is 199 g/mol. The molecule has 0 fully saturated rings. The number of nitrogens with one attached hydrogen (secondary N) is 1. The highest BCUT2D eigenvalue weighted by molar-refractivity contribution is 5.75. The van der Waals surface area contributed by atoms with Gasteiger partial charge in [0.05, 0.1) is 0 Å². The van der Waals surface area contributed by atoms with Gasteiger partial charge in [0.1, 0.15) is 5.78 Å². The molecule has 2 nitrogen and oxygen atoms in total. The van der Waals surface area contributed by atoms with Crippen LogP contribution in [0.1, 0.15) is 59.3 Å². The van der Waals surface area contributed by atoms with Crippen molar-refractivity contribution in [3.05, 3.63) is 0 Å². The summed E-state index contributed by atoms with van der Waals surface area (Å²) in [4.78, 5) is 10.6. The molecule has 0 aromatic heterocycles. The Morgan fingerprint density at radius 2 is 1.64 bits per heavy atom. The summed E-state index contributed by atoms with van der Waals surface area (Å²) in [5.41, 5.74) is 0. The molecule has 0 aliphatic heterocycles. The lowest BCUT2D eigenvalue weighted by Gasteiger charge is -2.07. The number of hydrogen-bond donors (Lipinski definition) is 1. The van der Waals surface area contributed by atoms with Crippen molar-refractivity contribution in [1.82, 2.24) is 5.32 Å². The summed E-state index contributed by atoms with van der Waals surface area (Å²) in [6.07, 6.45) is 6.88. The summed E-state index contributed by atoms with van der Waals surface area (Å²) >= 11 is 0. The second-order valence-corrected chi connectivity index (χ2v) is 4.33. The molecular weight excluding hydrogens is 174 g/mol. The molecule has 2 heteroatoms. The minimum Gasteiger partial charge on any atom is -0.315 e. The molecule has 0 bridgehead atoms. The van der Waals surface area contributed by atoms with Gasteiger partial charge < -0.3 is 10.1 Å². The summed E-state index contributed by atoms with van der Waals surface area (Å²) in [6.45, 7) is 7.15. The van der Waals surface area contributed by atoms with Crippen LogP contribution in [0.4, 0.5) is 0 Å². The number of carbonyl (C=O) groups is 1. The van der Waals surface area contributed by atoms with Crippen LogP contribution in [0.3, 0.4) is 0 Å². The van der Waals surface area contributed by atoms with E-state index in [0.29, 0.717) is 11.8 Å². The Balaban J connectivity index is 2.96. The average Bonchev–Trinajstić information content (AvgIpc) is 2.08. The number of rotatable bonds is 9. The van der Waals surface area contributed by atoms with Crippen LogP contribution in [-0.4, -0.2) is 18.4 Å². The molecule has 1 N–H and O–H groups in total. The maximum Gasteiger partial charge on any atom is 0.129 e. The number of unbranched alkanes of at least 4 members (excludes halogenated alkanes) is 4. The topological polar surface area (TPSA) is 29.1 Å². The van der Waals surface area contributed by atoms with E-state index in [1.54, 1.807) is 6.92 Å². The second-order valence-electron chi connectivity index (χ2n) is 4.33. The van der Waals surface area contributed by atoms with Gasteiger partial charge in [-0.15, -0.1) is 0 Å². The summed E-state index contributed by atoms with van der Waals surface area (Å²) < 4.78 is 0. The molecule has 0 aliphatic rings. The fraction of sp³-hybridized carbons (Fsp3) is 0.917. The van der Waals surface area contributed by atoms with Gasteiger partial charge in [-0.1, -0.05) is 33.1 Å². The molecule has 0 saturated heterocycles. The Labute approximate surface area is 88.5 Å². The number of carbonyl (C=O) groups excluding carboxylic acids is 1. The molecule has 0 heterocycles. The van der Waals surface area contributed by atoms with Gasteiger partial charge in [-0.05, 0) is 26.3 Å². The molecule has 14 heavy (non-hydrogen) atoms. The van der Waals surface area contributed by atoms with Crippen molar-refractivity contribution in [1.29, 1.82) is 0 Å². The zero-order valence-corrected chi connectivity index (χ0v) is 9.94. The molecule has 0 rings (SSSR count). The largest absolute Gasteiger partial charge is 0.315 e. The first-order valence-electron chi connectivity index (χ1n) is 5.85. The Morgan fingerprint density at radius 3 is 2.21 bits per heavy atom. The maximum absolute atomic E-state index is 10.6. The Hall–Kier alpha value is -0.370. The molecule has 0 saturated carbocycles. The van der Waals surface area contributed by atoms with Crippen LogP contribution in [0.5, 0.6) is 0 Å². The Morgan fingerprint density at radius 1 is 1.07 bits per heavy atom. The van der Waals surface area contributed by atoms with Crippen molar-refractivity contribution in [2.24, 2.45) is 0 Å². The molecule has 0 aromatic carbocycles. The molecule has 0 spiro atoms. The van der Waals surface area contributed by atoms with Gasteiger partial charge >= 0.3 is 0 Å². The van der Waals surface area contributed by atoms with E-state index in [-0.39, 0.29) is 0 Å². The molecule has 0 amide bonds. The zero-order valence-electron chi connectivity index (χ0n) is 9.94. The highest BCUT2D eigenvalue weighted by Crippen LogP contribution is 2.05. The smallest absolute Gasteiger partial charge is 0.129 e. The third-order valence-electron chi connectivity index (χ3n) is 2.26. The van der Waals surface area contributed by atoms with Crippen molar-refractivity contribution in [2.45, 2.75) is 65.3 Å². The Bertz CT molecular complexity index is 143. The van der Waals surface area contributed by atoms with Crippen molar-refractivity contribution < 1.29 is 4.79 Å². The molecule has 0 aromatic rings. The predicted octanol–water partition coefficient (Wildman–Crippen LogP) is 2.91. The lowest BCUT2D eigenvalue weighted by Crippen LogP contribution is -2.23. The minimum absolute atomic E-state index is 0.325. The molecule has 84 valence electrons. The van der Waals surface area contributed by atoms with Gasteiger partial charge in [-0.3, -0.25) is 0 Å². The van der Waals surface area contributed by atoms with E-state index in [0.717, 1.165) is 19.4 Å². The molecular formula is C12H25NO. The quantitative estimate of drug-likeness (QED) is 0.578. The fourth-order valence-electron chi connectivity index (χ4n) is 1.42. The average molecular weight is 199 g/mol. The van der Waals surface area contributed by atoms with Crippen LogP contribution in [0.2, 0.25) is 0 Å². The first kappa shape index (κ1) is 13.6. The van der Waals surface area contributed by atoms with E-state index in [2.05, 4.69) is 19.2 Å². The molecule has 0 atom stereocenters. The van der Waals surface area contributed by atoms with Crippen LogP contribution in [-0.2, 0) is 4.79 Å². The summed E-state index contributed by atoms with van der Waals surface area (Å²) in [5, 5.41) is 3.40. The van der Waals surface area contributed by atoms with Crippen LogP contribution in [0, 0.1) is 0 Å². The summed E-state index contributed by atoms with van der Waals surface area (Å²) in [5.74, 6) is 0.325.